The number of thiophene rings is 7. The molecule has 3 aliphatic carbocycles. The second-order valence-electron chi connectivity index (χ2n) is 22.7. The third kappa shape index (κ3) is 8.86. The molecule has 0 unspecified atom stereocenters. The summed E-state index contributed by atoms with van der Waals surface area (Å²) in [6.45, 7) is 12.2. The summed E-state index contributed by atoms with van der Waals surface area (Å²) < 4.78 is 17.1. The highest BCUT2D eigenvalue weighted by Gasteiger charge is 2.43. The van der Waals surface area contributed by atoms with Crippen LogP contribution in [0, 0.1) is 104 Å². The van der Waals surface area contributed by atoms with Crippen molar-refractivity contribution >= 4 is 149 Å². The van der Waals surface area contributed by atoms with Crippen LogP contribution in [0.15, 0.2) is 81.3 Å². The van der Waals surface area contributed by atoms with Gasteiger partial charge in [-0.3, -0.25) is 9.59 Å². The lowest BCUT2D eigenvalue weighted by Gasteiger charge is -2.31. The quantitative estimate of drug-likeness (QED) is 0.109. The highest BCUT2D eigenvalue weighted by molar-refractivity contribution is 7.47. The number of rotatable bonds is 8. The van der Waals surface area contributed by atoms with Crippen molar-refractivity contribution in [3.63, 3.8) is 0 Å². The van der Waals surface area contributed by atoms with Gasteiger partial charge >= 0.3 is 0 Å². The molecule has 9 heterocycles. The first-order valence-electron chi connectivity index (χ1n) is 27.8. The van der Waals surface area contributed by atoms with Gasteiger partial charge in [-0.2, -0.15) is 46.5 Å². The lowest BCUT2D eigenvalue weighted by atomic mass is 9.83. The number of anilines is 1. The molecule has 0 atom stereocenters. The Morgan fingerprint density at radius 3 is 1.53 bits per heavy atom. The van der Waals surface area contributed by atoms with E-state index in [9.17, 15) is 51.7 Å². The highest BCUT2D eigenvalue weighted by Crippen LogP contribution is 2.63. The molecule has 442 valence electrons. The van der Waals surface area contributed by atoms with Gasteiger partial charge in [0.1, 0.15) is 93.5 Å². The van der Waals surface area contributed by atoms with Gasteiger partial charge in [0.15, 0.2) is 11.6 Å². The van der Waals surface area contributed by atoms with Crippen LogP contribution in [0.1, 0.15) is 120 Å². The molecule has 2 N–H and O–H groups in total. The smallest absolute Gasteiger partial charge is 0.194 e. The number of Topliss-reactive ketones (excluding diaryl/α,β-unsaturated/α-hetero) is 2. The summed E-state index contributed by atoms with van der Waals surface area (Å²) in [5, 5.41) is 79.7. The van der Waals surface area contributed by atoms with E-state index < -0.39 is 22.6 Å². The Balaban J connectivity index is 0.808. The number of carbonyl (C=O) groups is 2. The van der Waals surface area contributed by atoms with E-state index in [0.717, 1.165) is 80.9 Å². The molecule has 1 aliphatic heterocycles. The number of nitrogens with two attached hydrogens (primary N) is 1. The molecule has 10 aromatic rings. The summed E-state index contributed by atoms with van der Waals surface area (Å²) >= 11 is 16.2. The third-order valence-corrected chi connectivity index (χ3v) is 26.0. The van der Waals surface area contributed by atoms with Gasteiger partial charge in [0, 0.05) is 92.2 Å². The van der Waals surface area contributed by atoms with E-state index >= 15 is 0 Å². The standard InChI is InChI=1S/C69H34N12O4S8/c1-27-28(2)80-57-55(79-27)47(14-41-53(34(25-76)26-77)37-9-30(20-71)32(22-73)11-39(37)59(41)83)88-67(57)50-16-43-61(91-50)60-42(68(43,3)4)15-49(90-60)66-56(81-86)54(78)65(93-66)48-17-44-62(89-48)64-46(85-69(44,5)6)18-51(92-64)63-45(84-7)13-35(87-63)12-40-52(33(23-74)24-75)36-8-29(19-70)31(21-72)10-38(36)58(40)82/h8-18H,78H2,1-7H3/b40-12-,41-14-. The summed E-state index contributed by atoms with van der Waals surface area (Å²) in [7, 11) is 1.55. The molecule has 0 spiro atoms. The van der Waals surface area contributed by atoms with Gasteiger partial charge in [0.25, 0.3) is 0 Å². The number of nitrogens with zero attached hydrogens (tertiary/aromatic N) is 11. The molecule has 93 heavy (non-hydrogen) atoms. The van der Waals surface area contributed by atoms with Crippen molar-refractivity contribution in [3.05, 3.63) is 159 Å². The van der Waals surface area contributed by atoms with Crippen molar-refractivity contribution in [3.8, 4) is 119 Å². The van der Waals surface area contributed by atoms with E-state index in [2.05, 4.69) is 36.4 Å². The number of ether oxygens (including phenoxy) is 2. The van der Waals surface area contributed by atoms with Gasteiger partial charge in [-0.1, -0.05) is 13.8 Å². The van der Waals surface area contributed by atoms with E-state index in [-0.39, 0.29) is 77.9 Å². The number of carbonyl (C=O) groups excluding carboxylic acids is 2. The Kier molecular flexibility index (Phi) is 14.0. The summed E-state index contributed by atoms with van der Waals surface area (Å²) in [6.07, 6.45) is 3.25. The summed E-state index contributed by atoms with van der Waals surface area (Å²) in [4.78, 5) is 50.6. The predicted octanol–water partition coefficient (Wildman–Crippen LogP) is 17.5. The lowest BCUT2D eigenvalue weighted by molar-refractivity contribution is 0.103. The van der Waals surface area contributed by atoms with Crippen molar-refractivity contribution in [2.75, 3.05) is 12.8 Å². The first-order chi connectivity index (χ1) is 44.7. The Bertz CT molecular complexity index is 5730. The highest BCUT2D eigenvalue weighted by atomic mass is 32.1. The monoisotopic (exact) mass is 1350 g/mol. The Morgan fingerprint density at radius 1 is 0.548 bits per heavy atom. The van der Waals surface area contributed by atoms with Crippen LogP contribution >= 0.6 is 79.4 Å². The lowest BCUT2D eigenvalue weighted by Crippen LogP contribution is -2.27. The maximum Gasteiger partial charge on any atom is 0.194 e. The number of nitrogen functional groups attached to an aromatic ring is 1. The van der Waals surface area contributed by atoms with Crippen LogP contribution in [-0.4, -0.2) is 28.6 Å². The molecule has 0 fully saturated rings. The van der Waals surface area contributed by atoms with Crippen LogP contribution in [0.5, 0.6) is 11.5 Å². The maximum absolute atomic E-state index is 14.4. The fourth-order valence-electron chi connectivity index (χ4n) is 12.2. The molecular formula is C69H34N12O4S8. The van der Waals surface area contributed by atoms with Gasteiger partial charge in [-0.15, -0.1) is 79.4 Å². The number of aromatic nitrogens is 2. The zero-order valence-corrected chi connectivity index (χ0v) is 55.8. The van der Waals surface area contributed by atoms with Gasteiger partial charge in [-0.05, 0) is 111 Å². The van der Waals surface area contributed by atoms with Crippen LogP contribution in [0.4, 0.5) is 11.4 Å². The summed E-state index contributed by atoms with van der Waals surface area (Å²) in [6, 6.07) is 31.3. The van der Waals surface area contributed by atoms with Crippen molar-refractivity contribution < 1.29 is 19.1 Å². The van der Waals surface area contributed by atoms with Crippen LogP contribution < -0.4 is 15.2 Å². The average Bonchev–Trinajstić information content (AvgIpc) is 1.57. The van der Waals surface area contributed by atoms with E-state index in [1.807, 2.05) is 82.3 Å². The first kappa shape index (κ1) is 59.9. The normalized spacial score (nSPS) is 14.9. The molecule has 24 heteroatoms. The van der Waals surface area contributed by atoms with E-state index in [0.29, 0.717) is 49.4 Å². The fourth-order valence-corrected chi connectivity index (χ4v) is 21.5. The van der Waals surface area contributed by atoms with E-state index in [1.54, 1.807) is 59.3 Å². The Hall–Kier alpha value is -10.7. The zero-order chi connectivity index (χ0) is 65.6. The summed E-state index contributed by atoms with van der Waals surface area (Å²) in [5.41, 5.74) is 13.1. The molecule has 8 aromatic heterocycles. The number of ketones is 2. The minimum absolute atomic E-state index is 0.00509. The molecule has 0 amide bonds. The molecule has 2 aromatic carbocycles. The number of hydrogen-bond donors (Lipinski definition) is 1. The first-order valence-corrected chi connectivity index (χ1v) is 33.8. The van der Waals surface area contributed by atoms with Gasteiger partial charge in [0.05, 0.1) is 85.5 Å². The second kappa shape index (κ2) is 21.7. The van der Waals surface area contributed by atoms with Crippen molar-refractivity contribution in [1.82, 2.24) is 9.97 Å². The van der Waals surface area contributed by atoms with Crippen LogP contribution in [0.2, 0.25) is 0 Å². The zero-order valence-electron chi connectivity index (χ0n) is 49.2. The van der Waals surface area contributed by atoms with Gasteiger partial charge < -0.3 is 15.2 Å². The van der Waals surface area contributed by atoms with Crippen LogP contribution in [-0.2, 0) is 23.4 Å². The van der Waals surface area contributed by atoms with E-state index in [1.165, 1.54) is 69.6 Å². The topological polar surface area (TPSA) is 307 Å². The molecule has 0 saturated carbocycles. The van der Waals surface area contributed by atoms with Crippen molar-refractivity contribution in [2.45, 2.75) is 52.6 Å². The molecule has 0 bridgehead atoms. The molecule has 4 aliphatic rings. The minimum Gasteiger partial charge on any atom is -0.495 e. The van der Waals surface area contributed by atoms with E-state index in [4.69, 9.17) is 37.6 Å². The van der Waals surface area contributed by atoms with Crippen LogP contribution in [0.3, 0.4) is 0 Å². The molecule has 0 radical (unpaired) electrons. The number of aryl methyl sites for hydroxylation is 2. The number of nitriles is 8. The Morgan fingerprint density at radius 2 is 1.01 bits per heavy atom. The van der Waals surface area contributed by atoms with Crippen LogP contribution in [0.25, 0.3) is 92.9 Å². The van der Waals surface area contributed by atoms with Crippen molar-refractivity contribution in [1.29, 1.82) is 42.1 Å². The SMILES string of the molecule is COc1cc(/C=C2\C(=O)c3cc(C#N)c(C#N)cc3C2=C(C#N)C#N)sc1-c1cc2c(s1)-c1sc(-c3sc(-c4cc5c(s4)-c4sc(-c6sc(/C=C7\C(=O)c8cc(C#N)c(C#N)cc8C7=C(C#N)C#N)c7nc(C)c(C)nc67)cc4C5(C)C)c(N=S)c3N)cc1C(C)(C)O2. The maximum atomic E-state index is 14.4. The molecule has 0 saturated heterocycles. The minimum atomic E-state index is -0.770. The number of allylic oxidation sites excluding steroid dienone is 6. The largest absolute Gasteiger partial charge is 0.495 e. The number of hydrogen-bond acceptors (Lipinski definition) is 24. The average molecular weight is 1350 g/mol. The summed E-state index contributed by atoms with van der Waals surface area (Å²) in [5.74, 6) is 0.209. The van der Waals surface area contributed by atoms with Crippen molar-refractivity contribution in [2.24, 2.45) is 4.36 Å². The number of benzene rings is 2. The predicted molar refractivity (Wildman–Crippen MR) is 366 cm³/mol. The Labute approximate surface area is 563 Å². The molecular weight excluding hydrogens is 1320 g/mol. The third-order valence-electron chi connectivity index (χ3n) is 16.8. The van der Waals surface area contributed by atoms with Gasteiger partial charge in [0.2, 0.25) is 0 Å². The number of fused-ring (bicyclic) bond motifs is 9. The van der Waals surface area contributed by atoms with Gasteiger partial charge in [-0.25, -0.2) is 9.97 Å². The molecule has 16 nitrogen and oxygen atoms in total. The molecule has 14 rings (SSSR count). The number of methoxy groups -OCH3 is 1. The fraction of sp³-hybridized carbons (Fsp3) is 0.130. The second-order valence-corrected chi connectivity index (χ2v) is 30.3.